The lowest BCUT2D eigenvalue weighted by molar-refractivity contribution is -0.192. The number of nitrogens with two attached hydrogens (primary N) is 1. The topological polar surface area (TPSA) is 139 Å². The van der Waals surface area contributed by atoms with Gasteiger partial charge >= 0.3 is 18.1 Å². The second-order valence-corrected chi connectivity index (χ2v) is 6.53. The van der Waals surface area contributed by atoms with Gasteiger partial charge in [-0.15, -0.1) is 0 Å². The first-order valence-electron chi connectivity index (χ1n) is 8.63. The van der Waals surface area contributed by atoms with E-state index in [1.807, 2.05) is 6.92 Å². The van der Waals surface area contributed by atoms with Crippen molar-refractivity contribution in [3.8, 4) is 17.0 Å². The van der Waals surface area contributed by atoms with Crippen molar-refractivity contribution < 1.29 is 38.1 Å². The molecule has 0 saturated heterocycles. The van der Waals surface area contributed by atoms with E-state index >= 15 is 0 Å². The Kier molecular flexibility index (Phi) is 6.52. The van der Waals surface area contributed by atoms with Gasteiger partial charge in [-0.05, 0) is 49.1 Å². The number of benzene rings is 1. The van der Waals surface area contributed by atoms with Crippen LogP contribution in [0.3, 0.4) is 0 Å². The van der Waals surface area contributed by atoms with E-state index < -0.39 is 18.1 Å². The molecule has 1 aromatic heterocycles. The predicted molar refractivity (Wildman–Crippen MR) is 95.8 cm³/mol. The Labute approximate surface area is 163 Å². The molecule has 1 heterocycles. The molecule has 1 aromatic carbocycles. The van der Waals surface area contributed by atoms with Gasteiger partial charge in [0, 0.05) is 17.7 Å². The number of phenols is 1. The number of alkyl halides is 3. The van der Waals surface area contributed by atoms with E-state index in [1.165, 1.54) is 0 Å². The lowest BCUT2D eigenvalue weighted by Crippen LogP contribution is -2.21. The van der Waals surface area contributed by atoms with E-state index in [-0.39, 0.29) is 17.4 Å². The molecule has 0 aliphatic heterocycles. The highest BCUT2D eigenvalue weighted by Gasteiger charge is 2.38. The van der Waals surface area contributed by atoms with Gasteiger partial charge in [-0.25, -0.2) is 9.59 Å². The number of hydrogen-bond acceptors (Lipinski definition) is 5. The van der Waals surface area contributed by atoms with Gasteiger partial charge in [0.1, 0.15) is 11.4 Å². The minimum Gasteiger partial charge on any atom is -0.508 e. The standard InChI is InChI=1S/C16H19N3O3.C2HF3O2/c1-9-7-10-8-11(20)3-4-12(10)14-13(9)15(16(21)22)19(18-14)6-2-5-17;3-2(4,5)1(6)7/h3-4,8-9,20H,2,5-7,17H2,1H3,(H,21,22);(H,6,7). The van der Waals surface area contributed by atoms with Crippen LogP contribution in [0.4, 0.5) is 13.2 Å². The number of phenolic OH excluding ortho intramolecular Hbond substituents is 1. The summed E-state index contributed by atoms with van der Waals surface area (Å²) in [6.45, 7) is 2.97. The number of aliphatic carboxylic acids is 1. The van der Waals surface area contributed by atoms with Crippen LogP contribution in [0.1, 0.15) is 40.9 Å². The molecule has 1 atom stereocenters. The molecule has 0 bridgehead atoms. The fourth-order valence-corrected chi connectivity index (χ4v) is 3.18. The van der Waals surface area contributed by atoms with Crippen molar-refractivity contribution in [2.24, 2.45) is 5.73 Å². The molecule has 0 saturated carbocycles. The quantitative estimate of drug-likeness (QED) is 0.602. The Morgan fingerprint density at radius 3 is 2.45 bits per heavy atom. The summed E-state index contributed by atoms with van der Waals surface area (Å²) < 4.78 is 33.3. The summed E-state index contributed by atoms with van der Waals surface area (Å²) in [7, 11) is 0. The molecule has 2 aromatic rings. The van der Waals surface area contributed by atoms with E-state index in [1.54, 1.807) is 22.9 Å². The fraction of sp³-hybridized carbons (Fsp3) is 0.389. The number of carbonyl (C=O) groups is 2. The van der Waals surface area contributed by atoms with E-state index in [0.717, 1.165) is 16.7 Å². The zero-order chi connectivity index (χ0) is 21.9. The molecule has 5 N–H and O–H groups in total. The number of aromatic nitrogens is 2. The molecule has 1 aliphatic rings. The normalized spacial score (nSPS) is 15.0. The molecule has 1 unspecified atom stereocenters. The molecular formula is C18H20F3N3O5. The molecule has 11 heteroatoms. The summed E-state index contributed by atoms with van der Waals surface area (Å²) >= 11 is 0. The number of carboxylic acids is 2. The highest BCUT2D eigenvalue weighted by atomic mass is 19.4. The summed E-state index contributed by atoms with van der Waals surface area (Å²) in [6.07, 6.45) is -3.71. The number of fused-ring (bicyclic) bond motifs is 3. The third kappa shape index (κ3) is 4.86. The Hall–Kier alpha value is -3.08. The van der Waals surface area contributed by atoms with E-state index in [0.29, 0.717) is 31.6 Å². The lowest BCUT2D eigenvalue weighted by Gasteiger charge is -2.21. The number of aryl methyl sites for hydroxylation is 1. The maximum Gasteiger partial charge on any atom is 0.490 e. The van der Waals surface area contributed by atoms with Crippen molar-refractivity contribution in [2.75, 3.05) is 6.54 Å². The minimum atomic E-state index is -5.08. The van der Waals surface area contributed by atoms with Gasteiger partial charge in [-0.1, -0.05) is 6.92 Å². The monoisotopic (exact) mass is 415 g/mol. The number of carboxylic acid groups (broad SMARTS) is 2. The van der Waals surface area contributed by atoms with E-state index in [2.05, 4.69) is 5.10 Å². The first-order chi connectivity index (χ1) is 13.5. The van der Waals surface area contributed by atoms with Crippen LogP contribution in [0.5, 0.6) is 5.75 Å². The second kappa shape index (κ2) is 8.52. The summed E-state index contributed by atoms with van der Waals surface area (Å²) in [5.74, 6) is -3.45. The largest absolute Gasteiger partial charge is 0.508 e. The Morgan fingerprint density at radius 1 is 1.31 bits per heavy atom. The van der Waals surface area contributed by atoms with Gasteiger partial charge in [0.2, 0.25) is 0 Å². The van der Waals surface area contributed by atoms with Gasteiger partial charge in [0.15, 0.2) is 0 Å². The Bertz CT molecular complexity index is 924. The maximum absolute atomic E-state index is 11.7. The van der Waals surface area contributed by atoms with Crippen molar-refractivity contribution in [3.63, 3.8) is 0 Å². The van der Waals surface area contributed by atoms with Crippen LogP contribution >= 0.6 is 0 Å². The molecule has 0 radical (unpaired) electrons. The molecule has 1 aliphatic carbocycles. The zero-order valence-electron chi connectivity index (χ0n) is 15.4. The highest BCUT2D eigenvalue weighted by Crippen LogP contribution is 2.41. The Morgan fingerprint density at radius 2 is 1.93 bits per heavy atom. The van der Waals surface area contributed by atoms with Gasteiger partial charge in [-0.3, -0.25) is 4.68 Å². The molecule has 29 heavy (non-hydrogen) atoms. The van der Waals surface area contributed by atoms with E-state index in [4.69, 9.17) is 15.6 Å². The van der Waals surface area contributed by atoms with Crippen molar-refractivity contribution in [2.45, 2.75) is 38.4 Å². The summed E-state index contributed by atoms with van der Waals surface area (Å²) in [5.41, 5.74) is 9.18. The fourth-order valence-electron chi connectivity index (χ4n) is 3.18. The third-order valence-corrected chi connectivity index (χ3v) is 4.37. The van der Waals surface area contributed by atoms with Crippen molar-refractivity contribution in [1.29, 1.82) is 0 Å². The summed E-state index contributed by atoms with van der Waals surface area (Å²) in [4.78, 5) is 20.6. The number of hydrogen-bond donors (Lipinski definition) is 4. The molecular weight excluding hydrogens is 395 g/mol. The average Bonchev–Trinajstić information content (AvgIpc) is 2.99. The van der Waals surface area contributed by atoms with E-state index in [9.17, 15) is 28.2 Å². The Balaban J connectivity index is 0.000000370. The summed E-state index contributed by atoms with van der Waals surface area (Å²) in [6, 6.07) is 5.15. The maximum atomic E-state index is 11.7. The number of aromatic carboxylic acids is 1. The van der Waals surface area contributed by atoms with Crippen LogP contribution in [0, 0.1) is 0 Å². The van der Waals surface area contributed by atoms with Crippen LogP contribution in [0.25, 0.3) is 11.3 Å². The van der Waals surface area contributed by atoms with Crippen LogP contribution in [-0.4, -0.2) is 49.8 Å². The lowest BCUT2D eigenvalue weighted by atomic mass is 9.82. The van der Waals surface area contributed by atoms with Crippen LogP contribution < -0.4 is 5.73 Å². The van der Waals surface area contributed by atoms with Crippen LogP contribution in [0.15, 0.2) is 18.2 Å². The highest BCUT2D eigenvalue weighted by molar-refractivity contribution is 5.91. The average molecular weight is 415 g/mol. The molecule has 8 nitrogen and oxygen atoms in total. The van der Waals surface area contributed by atoms with Crippen molar-refractivity contribution in [1.82, 2.24) is 9.78 Å². The number of aromatic hydroxyl groups is 1. The van der Waals surface area contributed by atoms with Crippen molar-refractivity contribution >= 4 is 11.9 Å². The molecule has 158 valence electrons. The molecule has 0 fully saturated rings. The third-order valence-electron chi connectivity index (χ3n) is 4.37. The number of halogens is 3. The van der Waals surface area contributed by atoms with Crippen LogP contribution in [0.2, 0.25) is 0 Å². The smallest absolute Gasteiger partial charge is 0.490 e. The number of nitrogens with zero attached hydrogens (tertiary/aromatic N) is 2. The van der Waals surface area contributed by atoms with Gasteiger partial charge in [0.05, 0.1) is 5.69 Å². The molecule has 3 rings (SSSR count). The molecule has 0 amide bonds. The van der Waals surface area contributed by atoms with Gasteiger partial charge < -0.3 is 21.1 Å². The predicted octanol–water partition coefficient (Wildman–Crippen LogP) is 2.60. The first-order valence-corrected chi connectivity index (χ1v) is 8.63. The van der Waals surface area contributed by atoms with Crippen LogP contribution in [-0.2, 0) is 17.8 Å². The number of rotatable bonds is 4. The zero-order valence-corrected chi connectivity index (χ0v) is 15.4. The molecule has 0 spiro atoms. The SMILES string of the molecule is CC1Cc2cc(O)ccc2-c2nn(CCCN)c(C(=O)O)c21.O=C(O)C(F)(F)F. The van der Waals surface area contributed by atoms with Crippen molar-refractivity contribution in [3.05, 3.63) is 35.0 Å². The van der Waals surface area contributed by atoms with Gasteiger partial charge in [-0.2, -0.15) is 18.3 Å². The minimum absolute atomic E-state index is 0.0435. The first kappa shape index (κ1) is 22.2. The summed E-state index contributed by atoms with van der Waals surface area (Å²) in [5, 5.41) is 30.9. The van der Waals surface area contributed by atoms with Gasteiger partial charge in [0.25, 0.3) is 0 Å². The second-order valence-electron chi connectivity index (χ2n) is 6.53.